The molecule has 2 N–H and O–H groups in total. The first-order valence-corrected chi connectivity index (χ1v) is 4.38. The predicted molar refractivity (Wildman–Crippen MR) is 48.7 cm³/mol. The molecule has 2 heterocycles. The lowest BCUT2D eigenvalue weighted by molar-refractivity contribution is 1.25. The summed E-state index contributed by atoms with van der Waals surface area (Å²) in [4.78, 5) is 10.8. The van der Waals surface area contributed by atoms with E-state index in [1.54, 1.807) is 17.8 Å². The summed E-state index contributed by atoms with van der Waals surface area (Å²) in [5.74, 6) is 0.624. The van der Waals surface area contributed by atoms with Gasteiger partial charge in [0.15, 0.2) is 10.8 Å². The van der Waals surface area contributed by atoms with Crippen molar-refractivity contribution in [3.63, 3.8) is 0 Å². The van der Waals surface area contributed by atoms with Gasteiger partial charge in [-0.2, -0.15) is 5.26 Å². The molecule has 0 saturated carbocycles. The van der Waals surface area contributed by atoms with Crippen LogP contribution in [-0.2, 0) is 0 Å². The molecule has 6 heteroatoms. The zero-order chi connectivity index (χ0) is 9.10. The average Bonchev–Trinajstić information content (AvgIpc) is 2.76. The fourth-order valence-corrected chi connectivity index (χ4v) is 1.45. The van der Waals surface area contributed by atoms with E-state index >= 15 is 0 Å². The molecule has 0 saturated heterocycles. The Balaban J connectivity index is 2.15. The van der Waals surface area contributed by atoms with Gasteiger partial charge in [0.1, 0.15) is 6.07 Å². The summed E-state index contributed by atoms with van der Waals surface area (Å²) in [5.41, 5.74) is 0.416. The molecule has 0 aliphatic rings. The minimum Gasteiger partial charge on any atom is -0.331 e. The molecule has 64 valence electrons. The van der Waals surface area contributed by atoms with Crippen molar-refractivity contribution < 1.29 is 0 Å². The van der Waals surface area contributed by atoms with Crippen LogP contribution in [-0.4, -0.2) is 15.0 Å². The highest BCUT2D eigenvalue weighted by Gasteiger charge is 2.01. The lowest BCUT2D eigenvalue weighted by Gasteiger charge is -1.94. The molecule has 2 aromatic rings. The van der Waals surface area contributed by atoms with E-state index in [-0.39, 0.29) is 0 Å². The Hall–Kier alpha value is -1.87. The van der Waals surface area contributed by atoms with E-state index in [1.165, 1.54) is 11.3 Å². The number of nitrogens with one attached hydrogen (secondary N) is 2. The van der Waals surface area contributed by atoms with Crippen LogP contribution in [0, 0.1) is 11.3 Å². The van der Waals surface area contributed by atoms with E-state index in [1.807, 2.05) is 6.07 Å². The normalized spacial score (nSPS) is 9.46. The molecule has 2 aromatic heterocycles. The molecule has 0 aliphatic heterocycles. The van der Waals surface area contributed by atoms with E-state index in [4.69, 9.17) is 5.26 Å². The first-order valence-electron chi connectivity index (χ1n) is 3.50. The molecule has 0 aliphatic carbocycles. The molecule has 5 nitrogen and oxygen atoms in total. The maximum Gasteiger partial charge on any atom is 0.206 e. The predicted octanol–water partition coefficient (Wildman–Crippen LogP) is 1.48. The lowest BCUT2D eigenvalue weighted by Crippen LogP contribution is -1.90. The van der Waals surface area contributed by atoms with Crippen molar-refractivity contribution in [3.05, 3.63) is 23.5 Å². The third-order valence-electron chi connectivity index (χ3n) is 1.34. The number of rotatable bonds is 2. The van der Waals surface area contributed by atoms with Crippen molar-refractivity contribution >= 4 is 22.4 Å². The fourth-order valence-electron chi connectivity index (χ4n) is 0.817. The van der Waals surface area contributed by atoms with Gasteiger partial charge in [0.05, 0.1) is 0 Å². The minimum absolute atomic E-state index is 0.416. The van der Waals surface area contributed by atoms with E-state index in [2.05, 4.69) is 20.3 Å². The number of aromatic nitrogens is 3. The number of thiazole rings is 1. The second-order valence-electron chi connectivity index (χ2n) is 2.21. The summed E-state index contributed by atoms with van der Waals surface area (Å²) in [6.45, 7) is 0. The number of H-pyrrole nitrogens is 1. The fraction of sp³-hybridized carbons (Fsp3) is 0. The van der Waals surface area contributed by atoms with Crippen molar-refractivity contribution in [3.8, 4) is 6.07 Å². The highest BCUT2D eigenvalue weighted by Crippen LogP contribution is 2.17. The largest absolute Gasteiger partial charge is 0.331 e. The molecule has 0 spiro atoms. The van der Waals surface area contributed by atoms with Crippen LogP contribution in [0.5, 0.6) is 0 Å². The van der Waals surface area contributed by atoms with Gasteiger partial charge in [-0.05, 0) is 0 Å². The maximum absolute atomic E-state index is 8.52. The van der Waals surface area contributed by atoms with Crippen LogP contribution in [0.4, 0.5) is 11.1 Å². The van der Waals surface area contributed by atoms with Gasteiger partial charge in [-0.1, -0.05) is 0 Å². The van der Waals surface area contributed by atoms with Crippen LogP contribution in [0.15, 0.2) is 17.8 Å². The molecule has 0 aromatic carbocycles. The molecule has 0 unspecified atom stereocenters. The van der Waals surface area contributed by atoms with E-state index in [0.29, 0.717) is 16.8 Å². The number of hydrogen-bond acceptors (Lipinski definition) is 5. The Labute approximate surface area is 78.1 Å². The number of hydrogen-bond donors (Lipinski definition) is 2. The van der Waals surface area contributed by atoms with Crippen LogP contribution in [0.1, 0.15) is 5.69 Å². The summed E-state index contributed by atoms with van der Waals surface area (Å²) in [7, 11) is 0. The Morgan fingerprint density at radius 2 is 2.54 bits per heavy atom. The maximum atomic E-state index is 8.52. The highest BCUT2D eigenvalue weighted by molar-refractivity contribution is 7.13. The Bertz CT molecular complexity index is 424. The summed E-state index contributed by atoms with van der Waals surface area (Å²) in [5, 5.41) is 13.8. The van der Waals surface area contributed by atoms with Gasteiger partial charge in [-0.15, -0.1) is 11.3 Å². The molecule has 0 fully saturated rings. The number of anilines is 2. The van der Waals surface area contributed by atoms with Crippen molar-refractivity contribution in [2.24, 2.45) is 0 Å². The Morgan fingerprint density at radius 1 is 1.62 bits per heavy atom. The molecule has 0 atom stereocenters. The van der Waals surface area contributed by atoms with E-state index in [9.17, 15) is 0 Å². The smallest absolute Gasteiger partial charge is 0.206 e. The van der Waals surface area contributed by atoms with Crippen LogP contribution in [0.3, 0.4) is 0 Å². The van der Waals surface area contributed by atoms with Crippen LogP contribution in [0.25, 0.3) is 0 Å². The zero-order valence-corrected chi connectivity index (χ0v) is 7.30. The van der Waals surface area contributed by atoms with E-state index < -0.39 is 0 Å². The third kappa shape index (κ3) is 1.65. The Morgan fingerprint density at radius 3 is 3.15 bits per heavy atom. The average molecular weight is 191 g/mol. The van der Waals surface area contributed by atoms with Gasteiger partial charge in [-0.3, -0.25) is 0 Å². The number of imidazole rings is 1. The van der Waals surface area contributed by atoms with E-state index in [0.717, 1.165) is 0 Å². The van der Waals surface area contributed by atoms with Gasteiger partial charge in [0.25, 0.3) is 0 Å². The van der Waals surface area contributed by atoms with Crippen LogP contribution < -0.4 is 5.32 Å². The molecule has 0 radical (unpaired) electrons. The SMILES string of the molecule is N#Cc1csc(Nc2ncc[nH]2)n1. The monoisotopic (exact) mass is 191 g/mol. The highest BCUT2D eigenvalue weighted by atomic mass is 32.1. The first kappa shape index (κ1) is 7.76. The minimum atomic E-state index is 0.416. The topological polar surface area (TPSA) is 77.4 Å². The molecule has 13 heavy (non-hydrogen) atoms. The summed E-state index contributed by atoms with van der Waals surface area (Å²) in [6.07, 6.45) is 3.35. The number of nitrogens with zero attached hydrogens (tertiary/aromatic N) is 3. The molecule has 0 amide bonds. The first-order chi connectivity index (χ1) is 6.38. The van der Waals surface area contributed by atoms with Crippen molar-refractivity contribution in [1.82, 2.24) is 15.0 Å². The quantitative estimate of drug-likeness (QED) is 0.753. The molecule has 2 rings (SSSR count). The van der Waals surface area contributed by atoms with Gasteiger partial charge < -0.3 is 10.3 Å². The van der Waals surface area contributed by atoms with Gasteiger partial charge in [0, 0.05) is 17.8 Å². The third-order valence-corrected chi connectivity index (χ3v) is 2.10. The summed E-state index contributed by atoms with van der Waals surface area (Å²) in [6, 6.07) is 1.96. The molecule has 0 bridgehead atoms. The second-order valence-corrected chi connectivity index (χ2v) is 3.07. The van der Waals surface area contributed by atoms with Crippen molar-refractivity contribution in [1.29, 1.82) is 5.26 Å². The van der Waals surface area contributed by atoms with Crippen molar-refractivity contribution in [2.75, 3.05) is 5.32 Å². The Kier molecular flexibility index (Phi) is 1.94. The van der Waals surface area contributed by atoms with Crippen LogP contribution in [0.2, 0.25) is 0 Å². The van der Waals surface area contributed by atoms with Crippen molar-refractivity contribution in [2.45, 2.75) is 0 Å². The zero-order valence-electron chi connectivity index (χ0n) is 6.48. The van der Waals surface area contributed by atoms with Gasteiger partial charge in [-0.25, -0.2) is 9.97 Å². The second kappa shape index (κ2) is 3.25. The molecular weight excluding hydrogens is 186 g/mol. The number of aromatic amines is 1. The molecular formula is C7H5N5S. The van der Waals surface area contributed by atoms with Gasteiger partial charge in [0.2, 0.25) is 5.95 Å². The summed E-state index contributed by atoms with van der Waals surface area (Å²) >= 11 is 1.37. The van der Waals surface area contributed by atoms with Crippen LogP contribution >= 0.6 is 11.3 Å². The lowest BCUT2D eigenvalue weighted by atomic mass is 10.6. The number of nitriles is 1. The van der Waals surface area contributed by atoms with Gasteiger partial charge >= 0.3 is 0 Å². The summed E-state index contributed by atoms with van der Waals surface area (Å²) < 4.78 is 0. The standard InChI is InChI=1S/C7H5N5S/c8-3-5-4-13-7(11-5)12-6-9-1-2-10-6/h1-2,4H,(H2,9,10,11,12).